The summed E-state index contributed by atoms with van der Waals surface area (Å²) in [7, 11) is 0. The third kappa shape index (κ3) is 3.44. The molecule has 0 amide bonds. The fourth-order valence-electron chi connectivity index (χ4n) is 2.70. The molecule has 1 aromatic carbocycles. The van der Waals surface area contributed by atoms with Gasteiger partial charge in [-0.05, 0) is 48.7 Å². The van der Waals surface area contributed by atoms with Crippen molar-refractivity contribution in [3.8, 4) is 0 Å². The molecule has 3 nitrogen and oxygen atoms in total. The molecular weight excluding hydrogens is 316 g/mol. The Morgan fingerprint density at radius 2 is 2.10 bits per heavy atom. The molecule has 0 radical (unpaired) electrons. The van der Waals surface area contributed by atoms with Crippen molar-refractivity contribution in [3.05, 3.63) is 52.9 Å². The van der Waals surface area contributed by atoms with Crippen LogP contribution in [-0.2, 0) is 6.54 Å². The SMILES string of the molecule is Brc1ccc(N2CCC(CNCc3ccco3)C2)cc1. The fraction of sp³-hybridized carbons (Fsp3) is 0.375. The van der Waals surface area contributed by atoms with Crippen molar-refractivity contribution in [2.45, 2.75) is 13.0 Å². The Labute approximate surface area is 128 Å². The molecule has 1 unspecified atom stereocenters. The van der Waals surface area contributed by atoms with Gasteiger partial charge in [-0.1, -0.05) is 15.9 Å². The van der Waals surface area contributed by atoms with E-state index in [9.17, 15) is 0 Å². The Balaban J connectivity index is 1.46. The van der Waals surface area contributed by atoms with E-state index in [2.05, 4.69) is 50.4 Å². The highest BCUT2D eigenvalue weighted by molar-refractivity contribution is 9.10. The van der Waals surface area contributed by atoms with E-state index in [-0.39, 0.29) is 0 Å². The summed E-state index contributed by atoms with van der Waals surface area (Å²) in [5, 5.41) is 3.48. The van der Waals surface area contributed by atoms with E-state index >= 15 is 0 Å². The normalized spacial score (nSPS) is 18.6. The highest BCUT2D eigenvalue weighted by atomic mass is 79.9. The summed E-state index contributed by atoms with van der Waals surface area (Å²) in [6.07, 6.45) is 2.98. The molecule has 1 saturated heterocycles. The lowest BCUT2D eigenvalue weighted by atomic mass is 10.1. The summed E-state index contributed by atoms with van der Waals surface area (Å²) in [5.74, 6) is 1.72. The summed E-state index contributed by atoms with van der Waals surface area (Å²) in [5.41, 5.74) is 1.32. The number of benzene rings is 1. The van der Waals surface area contributed by atoms with Gasteiger partial charge in [0.05, 0.1) is 12.8 Å². The van der Waals surface area contributed by atoms with E-state index in [1.165, 1.54) is 12.1 Å². The van der Waals surface area contributed by atoms with Crippen LogP contribution >= 0.6 is 15.9 Å². The summed E-state index contributed by atoms with van der Waals surface area (Å²) in [4.78, 5) is 2.46. The first-order valence-electron chi connectivity index (χ1n) is 7.05. The molecule has 106 valence electrons. The molecule has 20 heavy (non-hydrogen) atoms. The number of nitrogens with zero attached hydrogens (tertiary/aromatic N) is 1. The van der Waals surface area contributed by atoms with Crippen LogP contribution in [0.5, 0.6) is 0 Å². The van der Waals surface area contributed by atoms with E-state index in [1.807, 2.05) is 12.1 Å². The van der Waals surface area contributed by atoms with Gasteiger partial charge in [0, 0.05) is 29.8 Å². The van der Waals surface area contributed by atoms with Gasteiger partial charge in [0.2, 0.25) is 0 Å². The van der Waals surface area contributed by atoms with Gasteiger partial charge in [0.1, 0.15) is 5.76 Å². The van der Waals surface area contributed by atoms with Crippen LogP contribution in [0.1, 0.15) is 12.2 Å². The maximum atomic E-state index is 5.32. The quantitative estimate of drug-likeness (QED) is 0.904. The highest BCUT2D eigenvalue weighted by Crippen LogP contribution is 2.25. The van der Waals surface area contributed by atoms with Crippen molar-refractivity contribution in [1.82, 2.24) is 5.32 Å². The van der Waals surface area contributed by atoms with Crippen LogP contribution in [0.4, 0.5) is 5.69 Å². The molecule has 1 N–H and O–H groups in total. The lowest BCUT2D eigenvalue weighted by Gasteiger charge is -2.19. The molecule has 0 spiro atoms. The predicted octanol–water partition coefficient (Wildman–Crippen LogP) is 3.66. The minimum Gasteiger partial charge on any atom is -0.468 e. The molecule has 1 fully saturated rings. The number of hydrogen-bond acceptors (Lipinski definition) is 3. The number of nitrogens with one attached hydrogen (secondary N) is 1. The lowest BCUT2D eigenvalue weighted by molar-refractivity contribution is 0.454. The van der Waals surface area contributed by atoms with E-state index in [0.717, 1.165) is 36.4 Å². The molecule has 4 heteroatoms. The van der Waals surface area contributed by atoms with Crippen LogP contribution in [0.15, 0.2) is 51.6 Å². The second kappa shape index (κ2) is 6.46. The van der Waals surface area contributed by atoms with Crippen LogP contribution in [0.25, 0.3) is 0 Å². The molecule has 0 aliphatic carbocycles. The zero-order chi connectivity index (χ0) is 13.8. The Morgan fingerprint density at radius 3 is 2.85 bits per heavy atom. The molecule has 3 rings (SSSR count). The van der Waals surface area contributed by atoms with Crippen LogP contribution in [-0.4, -0.2) is 19.6 Å². The van der Waals surface area contributed by atoms with Crippen molar-refractivity contribution < 1.29 is 4.42 Å². The smallest absolute Gasteiger partial charge is 0.117 e. The molecule has 1 aliphatic heterocycles. The largest absolute Gasteiger partial charge is 0.468 e. The first-order chi connectivity index (χ1) is 9.81. The van der Waals surface area contributed by atoms with Gasteiger partial charge in [0.15, 0.2) is 0 Å². The second-order valence-electron chi connectivity index (χ2n) is 5.29. The third-order valence-electron chi connectivity index (χ3n) is 3.79. The van der Waals surface area contributed by atoms with Gasteiger partial charge >= 0.3 is 0 Å². The van der Waals surface area contributed by atoms with Crippen molar-refractivity contribution in [1.29, 1.82) is 0 Å². The number of halogens is 1. The molecule has 0 saturated carbocycles. The van der Waals surface area contributed by atoms with Crippen molar-refractivity contribution >= 4 is 21.6 Å². The predicted molar refractivity (Wildman–Crippen MR) is 84.9 cm³/mol. The fourth-order valence-corrected chi connectivity index (χ4v) is 2.96. The van der Waals surface area contributed by atoms with Crippen LogP contribution in [0.2, 0.25) is 0 Å². The maximum absolute atomic E-state index is 5.32. The minimum atomic E-state index is 0.716. The molecule has 2 aromatic rings. The highest BCUT2D eigenvalue weighted by Gasteiger charge is 2.22. The minimum absolute atomic E-state index is 0.716. The summed E-state index contributed by atoms with van der Waals surface area (Å²) < 4.78 is 6.46. The van der Waals surface area contributed by atoms with Gasteiger partial charge in [-0.25, -0.2) is 0 Å². The van der Waals surface area contributed by atoms with E-state index < -0.39 is 0 Å². The summed E-state index contributed by atoms with van der Waals surface area (Å²) in [6.45, 7) is 4.15. The van der Waals surface area contributed by atoms with E-state index in [4.69, 9.17) is 4.42 Å². The van der Waals surface area contributed by atoms with Crippen molar-refractivity contribution in [2.75, 3.05) is 24.5 Å². The van der Waals surface area contributed by atoms with Gasteiger partial charge in [-0.3, -0.25) is 0 Å². The zero-order valence-electron chi connectivity index (χ0n) is 11.4. The monoisotopic (exact) mass is 334 g/mol. The first kappa shape index (κ1) is 13.7. The van der Waals surface area contributed by atoms with Gasteiger partial charge in [-0.15, -0.1) is 0 Å². The Morgan fingerprint density at radius 1 is 1.25 bits per heavy atom. The van der Waals surface area contributed by atoms with E-state index in [1.54, 1.807) is 6.26 Å². The topological polar surface area (TPSA) is 28.4 Å². The standard InChI is InChI=1S/C16H19BrN2O/c17-14-3-5-15(6-4-14)19-8-7-13(12-19)10-18-11-16-2-1-9-20-16/h1-6,9,13,18H,7-8,10-12H2. The molecule has 1 atom stereocenters. The second-order valence-corrected chi connectivity index (χ2v) is 6.20. The Kier molecular flexibility index (Phi) is 4.43. The third-order valence-corrected chi connectivity index (χ3v) is 4.32. The van der Waals surface area contributed by atoms with Crippen LogP contribution in [0.3, 0.4) is 0 Å². The number of rotatable bonds is 5. The van der Waals surface area contributed by atoms with Crippen LogP contribution in [0, 0.1) is 5.92 Å². The Hall–Kier alpha value is -1.26. The van der Waals surface area contributed by atoms with Crippen molar-refractivity contribution in [3.63, 3.8) is 0 Å². The molecule has 2 heterocycles. The number of furan rings is 1. The molecule has 1 aliphatic rings. The number of hydrogen-bond donors (Lipinski definition) is 1. The average Bonchev–Trinajstić information content (AvgIpc) is 3.11. The van der Waals surface area contributed by atoms with Gasteiger partial charge < -0.3 is 14.6 Å². The molecule has 1 aromatic heterocycles. The molecular formula is C16H19BrN2O. The van der Waals surface area contributed by atoms with Gasteiger partial charge in [-0.2, -0.15) is 0 Å². The van der Waals surface area contributed by atoms with Gasteiger partial charge in [0.25, 0.3) is 0 Å². The molecule has 0 bridgehead atoms. The van der Waals surface area contributed by atoms with E-state index in [0.29, 0.717) is 5.92 Å². The Bertz CT molecular complexity index is 524. The van der Waals surface area contributed by atoms with Crippen LogP contribution < -0.4 is 10.2 Å². The maximum Gasteiger partial charge on any atom is 0.117 e. The summed E-state index contributed by atoms with van der Waals surface area (Å²) in [6, 6.07) is 12.5. The zero-order valence-corrected chi connectivity index (χ0v) is 13.0. The summed E-state index contributed by atoms with van der Waals surface area (Å²) >= 11 is 3.48. The average molecular weight is 335 g/mol. The lowest BCUT2D eigenvalue weighted by Crippen LogP contribution is -2.26. The number of anilines is 1. The first-order valence-corrected chi connectivity index (χ1v) is 7.84. The van der Waals surface area contributed by atoms with Crippen molar-refractivity contribution in [2.24, 2.45) is 5.92 Å².